The third kappa shape index (κ3) is 4.29. The van der Waals surface area contributed by atoms with Gasteiger partial charge in [-0.15, -0.1) is 0 Å². The van der Waals surface area contributed by atoms with Gasteiger partial charge in [0.1, 0.15) is 12.4 Å². The van der Waals surface area contributed by atoms with Crippen LogP contribution in [0.5, 0.6) is 5.75 Å². The molecule has 2 rings (SSSR count). The predicted octanol–water partition coefficient (Wildman–Crippen LogP) is 0.751. The van der Waals surface area contributed by atoms with Crippen LogP contribution in [0, 0.1) is 0 Å². The highest BCUT2D eigenvalue weighted by Crippen LogP contribution is 2.24. The molecule has 6 nitrogen and oxygen atoms in total. The SMILES string of the molecule is NC/C(=C\F)COc1ccc2c(c1)CCN(CCC(N)=O)C2=O. The summed E-state index contributed by atoms with van der Waals surface area (Å²) >= 11 is 0. The lowest BCUT2D eigenvalue weighted by Gasteiger charge is -2.28. The Hall–Kier alpha value is -2.41. The van der Waals surface area contributed by atoms with E-state index in [4.69, 9.17) is 16.2 Å². The number of hydrogen-bond acceptors (Lipinski definition) is 4. The van der Waals surface area contributed by atoms with Crippen LogP contribution in [0.1, 0.15) is 22.3 Å². The molecule has 1 aromatic rings. The van der Waals surface area contributed by atoms with Crippen LogP contribution < -0.4 is 16.2 Å². The number of primary amides is 1. The van der Waals surface area contributed by atoms with Gasteiger partial charge in [0.05, 0.1) is 6.33 Å². The molecular weight excluding hydrogens is 301 g/mol. The quantitative estimate of drug-likeness (QED) is 0.774. The lowest BCUT2D eigenvalue weighted by molar-refractivity contribution is -0.118. The summed E-state index contributed by atoms with van der Waals surface area (Å²) in [4.78, 5) is 24.8. The molecule has 23 heavy (non-hydrogen) atoms. The Morgan fingerprint density at radius 1 is 1.43 bits per heavy atom. The standard InChI is InChI=1S/C16H20FN3O3/c17-8-11(9-18)10-23-13-1-2-14-12(7-13)3-5-20(16(14)22)6-4-15(19)21/h1-2,7-8H,3-6,9-10,18H2,(H2,19,21)/b11-8+. The van der Waals surface area contributed by atoms with E-state index in [-0.39, 0.29) is 25.5 Å². The van der Waals surface area contributed by atoms with Gasteiger partial charge in [-0.25, -0.2) is 4.39 Å². The fourth-order valence-electron chi connectivity index (χ4n) is 2.37. The predicted molar refractivity (Wildman–Crippen MR) is 83.6 cm³/mol. The van der Waals surface area contributed by atoms with Crippen molar-refractivity contribution < 1.29 is 18.7 Å². The zero-order chi connectivity index (χ0) is 16.8. The van der Waals surface area contributed by atoms with Gasteiger partial charge < -0.3 is 21.1 Å². The fraction of sp³-hybridized carbons (Fsp3) is 0.375. The van der Waals surface area contributed by atoms with Crippen molar-refractivity contribution in [2.75, 3.05) is 26.2 Å². The molecule has 7 heteroatoms. The molecule has 1 heterocycles. The summed E-state index contributed by atoms with van der Waals surface area (Å²) in [6.45, 7) is 1.02. The minimum atomic E-state index is -0.427. The number of carbonyl (C=O) groups is 2. The van der Waals surface area contributed by atoms with E-state index in [1.54, 1.807) is 23.1 Å². The van der Waals surface area contributed by atoms with E-state index < -0.39 is 5.91 Å². The second-order valence-corrected chi connectivity index (χ2v) is 5.34. The number of hydrogen-bond donors (Lipinski definition) is 2. The summed E-state index contributed by atoms with van der Waals surface area (Å²) in [5.41, 5.74) is 12.3. The number of ether oxygens (including phenoxy) is 1. The summed E-state index contributed by atoms with van der Waals surface area (Å²) in [5, 5.41) is 0. The van der Waals surface area contributed by atoms with Gasteiger partial charge in [-0.2, -0.15) is 0 Å². The molecule has 0 saturated heterocycles. The highest BCUT2D eigenvalue weighted by atomic mass is 19.1. The minimum absolute atomic E-state index is 0.0739. The van der Waals surface area contributed by atoms with Crippen LogP contribution in [0.2, 0.25) is 0 Å². The number of benzene rings is 1. The van der Waals surface area contributed by atoms with E-state index in [2.05, 4.69) is 0 Å². The first-order valence-electron chi connectivity index (χ1n) is 7.36. The molecule has 0 radical (unpaired) electrons. The molecule has 0 bridgehead atoms. The Labute approximate surface area is 133 Å². The molecular formula is C16H20FN3O3. The summed E-state index contributed by atoms with van der Waals surface area (Å²) in [6.07, 6.45) is 1.26. The number of nitrogens with two attached hydrogens (primary N) is 2. The molecule has 0 saturated carbocycles. The Morgan fingerprint density at radius 2 is 2.22 bits per heavy atom. The number of fused-ring (bicyclic) bond motifs is 1. The maximum Gasteiger partial charge on any atom is 0.254 e. The van der Waals surface area contributed by atoms with Gasteiger partial charge in [0.15, 0.2) is 0 Å². The fourth-order valence-corrected chi connectivity index (χ4v) is 2.37. The Kier molecular flexibility index (Phi) is 5.70. The summed E-state index contributed by atoms with van der Waals surface area (Å²) in [7, 11) is 0. The van der Waals surface area contributed by atoms with Crippen molar-refractivity contribution in [1.82, 2.24) is 4.90 Å². The number of rotatable bonds is 7. The van der Waals surface area contributed by atoms with Crippen molar-refractivity contribution in [2.24, 2.45) is 11.5 Å². The van der Waals surface area contributed by atoms with Gasteiger partial charge >= 0.3 is 0 Å². The summed E-state index contributed by atoms with van der Waals surface area (Å²) < 4.78 is 17.9. The Bertz CT molecular complexity index is 631. The molecule has 1 aliphatic rings. The zero-order valence-electron chi connectivity index (χ0n) is 12.8. The van der Waals surface area contributed by atoms with Crippen LogP contribution >= 0.6 is 0 Å². The van der Waals surface area contributed by atoms with Crippen molar-refractivity contribution in [2.45, 2.75) is 12.8 Å². The number of carbonyl (C=O) groups excluding carboxylic acids is 2. The van der Waals surface area contributed by atoms with Crippen molar-refractivity contribution >= 4 is 11.8 Å². The van der Waals surface area contributed by atoms with Gasteiger partial charge in [-0.05, 0) is 30.2 Å². The molecule has 0 aromatic heterocycles. The monoisotopic (exact) mass is 321 g/mol. The largest absolute Gasteiger partial charge is 0.489 e. The lowest BCUT2D eigenvalue weighted by atomic mass is 9.98. The van der Waals surface area contributed by atoms with Crippen LogP contribution in [0.15, 0.2) is 30.1 Å². The van der Waals surface area contributed by atoms with E-state index in [0.29, 0.717) is 42.7 Å². The molecule has 0 unspecified atom stereocenters. The van der Waals surface area contributed by atoms with Crippen molar-refractivity contribution in [3.63, 3.8) is 0 Å². The van der Waals surface area contributed by atoms with Crippen LogP contribution in [-0.2, 0) is 11.2 Å². The molecule has 1 aliphatic heterocycles. The molecule has 2 amide bonds. The average Bonchev–Trinajstić information content (AvgIpc) is 2.55. The Morgan fingerprint density at radius 3 is 2.87 bits per heavy atom. The van der Waals surface area contributed by atoms with Gasteiger partial charge in [-0.1, -0.05) is 0 Å². The first-order valence-corrected chi connectivity index (χ1v) is 7.36. The zero-order valence-corrected chi connectivity index (χ0v) is 12.8. The third-order valence-corrected chi connectivity index (χ3v) is 3.71. The molecule has 0 aliphatic carbocycles. The van der Waals surface area contributed by atoms with E-state index in [9.17, 15) is 14.0 Å². The van der Waals surface area contributed by atoms with Gasteiger partial charge in [0, 0.05) is 37.2 Å². The normalized spacial score (nSPS) is 14.6. The molecule has 0 fully saturated rings. The first kappa shape index (κ1) is 17.0. The topological polar surface area (TPSA) is 98.7 Å². The number of halogens is 1. The highest BCUT2D eigenvalue weighted by molar-refractivity contribution is 5.97. The van der Waals surface area contributed by atoms with Crippen molar-refractivity contribution in [3.8, 4) is 5.75 Å². The second kappa shape index (κ2) is 7.73. The second-order valence-electron chi connectivity index (χ2n) is 5.34. The maximum absolute atomic E-state index is 12.5. The van der Waals surface area contributed by atoms with Gasteiger partial charge in [-0.3, -0.25) is 9.59 Å². The summed E-state index contributed by atoms with van der Waals surface area (Å²) in [6, 6.07) is 5.14. The van der Waals surface area contributed by atoms with E-state index in [1.807, 2.05) is 0 Å². The third-order valence-electron chi connectivity index (χ3n) is 3.71. The minimum Gasteiger partial charge on any atom is -0.489 e. The molecule has 1 aromatic carbocycles. The number of amides is 2. The molecule has 4 N–H and O–H groups in total. The van der Waals surface area contributed by atoms with Crippen LogP contribution in [0.3, 0.4) is 0 Å². The summed E-state index contributed by atoms with van der Waals surface area (Å²) in [5.74, 6) is 0.0178. The van der Waals surface area contributed by atoms with E-state index in [1.165, 1.54) is 0 Å². The smallest absolute Gasteiger partial charge is 0.254 e. The van der Waals surface area contributed by atoms with Crippen LogP contribution in [0.25, 0.3) is 0 Å². The molecule has 0 spiro atoms. The van der Waals surface area contributed by atoms with Gasteiger partial charge in [0.2, 0.25) is 5.91 Å². The molecule has 124 valence electrons. The first-order chi connectivity index (χ1) is 11.0. The maximum atomic E-state index is 12.5. The lowest BCUT2D eigenvalue weighted by Crippen LogP contribution is -2.39. The van der Waals surface area contributed by atoms with E-state index in [0.717, 1.165) is 5.56 Å². The van der Waals surface area contributed by atoms with Crippen molar-refractivity contribution in [1.29, 1.82) is 0 Å². The van der Waals surface area contributed by atoms with Crippen LogP contribution in [0.4, 0.5) is 4.39 Å². The number of nitrogens with zero attached hydrogens (tertiary/aromatic N) is 1. The van der Waals surface area contributed by atoms with Crippen molar-refractivity contribution in [3.05, 3.63) is 41.2 Å². The molecule has 0 atom stereocenters. The highest BCUT2D eigenvalue weighted by Gasteiger charge is 2.24. The Balaban J connectivity index is 2.05. The average molecular weight is 321 g/mol. The van der Waals surface area contributed by atoms with E-state index >= 15 is 0 Å². The van der Waals surface area contributed by atoms with Crippen LogP contribution in [-0.4, -0.2) is 43.0 Å². The van der Waals surface area contributed by atoms with Gasteiger partial charge in [0.25, 0.3) is 5.91 Å².